The maximum Gasteiger partial charge on any atom is 0.272 e. The zero-order valence-corrected chi connectivity index (χ0v) is 21.5. The van der Waals surface area contributed by atoms with Crippen LogP contribution in [0.2, 0.25) is 0 Å². The van der Waals surface area contributed by atoms with Gasteiger partial charge in [0.2, 0.25) is 0 Å². The smallest absolute Gasteiger partial charge is 0.272 e. The number of hydrogen-bond acceptors (Lipinski definition) is 2. The summed E-state index contributed by atoms with van der Waals surface area (Å²) in [7, 11) is -4.16. The van der Waals surface area contributed by atoms with E-state index in [2.05, 4.69) is 6.92 Å². The molecule has 1 N–H and O–H groups in total. The van der Waals surface area contributed by atoms with Gasteiger partial charge >= 0.3 is 0 Å². The SMILES string of the molecule is CCCCCCCCCCCCCCCCc1ccccc1C(C(C)(C)C)S(=O)(=O)O. The normalized spacial score (nSPS) is 13.5. The highest BCUT2D eigenvalue weighted by Gasteiger charge is 2.37. The lowest BCUT2D eigenvalue weighted by atomic mass is 9.84. The van der Waals surface area contributed by atoms with Crippen molar-refractivity contribution in [2.45, 2.75) is 129 Å². The number of rotatable bonds is 17. The zero-order valence-electron chi connectivity index (χ0n) is 20.7. The van der Waals surface area contributed by atoms with Gasteiger partial charge in [-0.2, -0.15) is 8.42 Å². The Hall–Kier alpha value is -0.870. The summed E-state index contributed by atoms with van der Waals surface area (Å²) in [5.74, 6) is 0. The number of aryl methyl sites for hydroxylation is 1. The van der Waals surface area contributed by atoms with Crippen LogP contribution in [0.3, 0.4) is 0 Å². The van der Waals surface area contributed by atoms with E-state index in [-0.39, 0.29) is 0 Å². The number of hydrogen-bond donors (Lipinski definition) is 1. The summed E-state index contributed by atoms with van der Waals surface area (Å²) < 4.78 is 34.0. The lowest BCUT2D eigenvalue weighted by molar-refractivity contribution is 0.354. The molecule has 0 saturated heterocycles. The highest BCUT2D eigenvalue weighted by Crippen LogP contribution is 2.40. The molecule has 0 spiro atoms. The van der Waals surface area contributed by atoms with E-state index < -0.39 is 20.8 Å². The molecule has 0 amide bonds. The van der Waals surface area contributed by atoms with E-state index in [1.807, 2.05) is 45.0 Å². The number of benzene rings is 1. The molecule has 0 aliphatic carbocycles. The molecule has 0 radical (unpaired) electrons. The third-order valence-electron chi connectivity index (χ3n) is 6.22. The average Bonchev–Trinajstić information content (AvgIpc) is 2.67. The molecule has 1 atom stereocenters. The van der Waals surface area contributed by atoms with Crippen molar-refractivity contribution in [3.05, 3.63) is 35.4 Å². The largest absolute Gasteiger partial charge is 0.285 e. The monoisotopic (exact) mass is 452 g/mol. The van der Waals surface area contributed by atoms with Crippen LogP contribution in [-0.4, -0.2) is 13.0 Å². The third kappa shape index (κ3) is 12.1. The summed E-state index contributed by atoms with van der Waals surface area (Å²) in [6, 6.07) is 7.71. The van der Waals surface area contributed by atoms with Gasteiger partial charge in [-0.1, -0.05) is 135 Å². The van der Waals surface area contributed by atoms with Gasteiger partial charge in [-0.25, -0.2) is 0 Å². The molecule has 0 fully saturated rings. The molecule has 31 heavy (non-hydrogen) atoms. The van der Waals surface area contributed by atoms with Gasteiger partial charge in [-0.15, -0.1) is 0 Å². The minimum absolute atomic E-state index is 0.556. The molecule has 0 aromatic heterocycles. The number of unbranched alkanes of at least 4 members (excludes halogenated alkanes) is 13. The highest BCUT2D eigenvalue weighted by atomic mass is 32.2. The quantitative estimate of drug-likeness (QED) is 0.190. The second kappa shape index (κ2) is 15.1. The molecule has 1 unspecified atom stereocenters. The fourth-order valence-electron chi connectivity index (χ4n) is 4.60. The predicted molar refractivity (Wildman–Crippen MR) is 134 cm³/mol. The van der Waals surface area contributed by atoms with E-state index in [9.17, 15) is 13.0 Å². The standard InChI is InChI=1S/C27H48O3S/c1-5-6-7-8-9-10-11-12-13-14-15-16-17-18-21-24-22-19-20-23-25(24)26(27(2,3)4)31(28,29)30/h19-20,22-23,26H,5-18,21H2,1-4H3,(H,28,29,30). The van der Waals surface area contributed by atoms with Gasteiger partial charge in [0.25, 0.3) is 10.1 Å². The lowest BCUT2D eigenvalue weighted by Gasteiger charge is -2.30. The van der Waals surface area contributed by atoms with Crippen LogP contribution in [0.4, 0.5) is 0 Å². The summed E-state index contributed by atoms with van der Waals surface area (Å²) in [4.78, 5) is 0. The first kappa shape index (κ1) is 28.2. The Bertz CT molecular complexity index is 689. The minimum Gasteiger partial charge on any atom is -0.285 e. The van der Waals surface area contributed by atoms with Crippen molar-refractivity contribution in [1.29, 1.82) is 0 Å². The van der Waals surface area contributed by atoms with Crippen LogP contribution in [0, 0.1) is 5.41 Å². The second-order valence-corrected chi connectivity index (χ2v) is 11.8. The lowest BCUT2D eigenvalue weighted by Crippen LogP contribution is -2.27. The van der Waals surface area contributed by atoms with Gasteiger partial charge in [0.05, 0.1) is 0 Å². The predicted octanol–water partition coefficient (Wildman–Crippen LogP) is 8.69. The van der Waals surface area contributed by atoms with Crippen molar-refractivity contribution in [2.24, 2.45) is 5.41 Å². The summed E-state index contributed by atoms with van der Waals surface area (Å²) in [5, 5.41) is -0.886. The molecule has 0 bridgehead atoms. The first-order valence-corrected chi connectivity index (χ1v) is 14.2. The van der Waals surface area contributed by atoms with E-state index in [0.29, 0.717) is 0 Å². The van der Waals surface area contributed by atoms with Crippen molar-refractivity contribution in [3.8, 4) is 0 Å². The Morgan fingerprint density at radius 2 is 1.16 bits per heavy atom. The molecule has 1 rings (SSSR count). The van der Waals surface area contributed by atoms with E-state index >= 15 is 0 Å². The molecule has 1 aromatic carbocycles. The van der Waals surface area contributed by atoms with Crippen LogP contribution >= 0.6 is 0 Å². The summed E-state index contributed by atoms with van der Waals surface area (Å²) in [6.07, 6.45) is 19.5. The summed E-state index contributed by atoms with van der Waals surface area (Å²) >= 11 is 0. The van der Waals surface area contributed by atoms with Gasteiger partial charge in [-0.3, -0.25) is 4.55 Å². The first-order valence-electron chi connectivity index (χ1n) is 12.7. The van der Waals surface area contributed by atoms with Crippen molar-refractivity contribution in [2.75, 3.05) is 0 Å². The molecule has 4 heteroatoms. The van der Waals surface area contributed by atoms with Crippen LogP contribution in [0.5, 0.6) is 0 Å². The van der Waals surface area contributed by atoms with E-state index in [4.69, 9.17) is 0 Å². The Morgan fingerprint density at radius 3 is 1.58 bits per heavy atom. The third-order valence-corrected chi connectivity index (χ3v) is 7.78. The molecule has 180 valence electrons. The van der Waals surface area contributed by atoms with E-state index in [1.54, 1.807) is 0 Å². The molecule has 0 aliphatic rings. The fraction of sp³-hybridized carbons (Fsp3) is 0.778. The van der Waals surface area contributed by atoms with Crippen LogP contribution in [0.15, 0.2) is 24.3 Å². The molecule has 0 aliphatic heterocycles. The van der Waals surface area contributed by atoms with E-state index in [0.717, 1.165) is 24.0 Å². The van der Waals surface area contributed by atoms with Crippen LogP contribution in [0.25, 0.3) is 0 Å². The topological polar surface area (TPSA) is 54.4 Å². The Morgan fingerprint density at radius 1 is 0.742 bits per heavy atom. The average molecular weight is 453 g/mol. The summed E-state index contributed by atoms with van der Waals surface area (Å²) in [6.45, 7) is 7.88. The van der Waals surface area contributed by atoms with Gasteiger partial charge in [0, 0.05) is 0 Å². The van der Waals surface area contributed by atoms with Crippen LogP contribution in [-0.2, 0) is 16.5 Å². The molecular weight excluding hydrogens is 404 g/mol. The molecule has 3 nitrogen and oxygen atoms in total. The van der Waals surface area contributed by atoms with Crippen molar-refractivity contribution in [3.63, 3.8) is 0 Å². The maximum absolute atomic E-state index is 12.1. The van der Waals surface area contributed by atoms with Gasteiger partial charge in [0.15, 0.2) is 0 Å². The minimum atomic E-state index is -4.16. The Labute approximate surface area is 193 Å². The molecular formula is C27H48O3S. The molecule has 0 heterocycles. The second-order valence-electron chi connectivity index (χ2n) is 10.3. The zero-order chi connectivity index (χ0) is 23.2. The Balaban J connectivity index is 2.27. The Kier molecular flexibility index (Phi) is 13.7. The maximum atomic E-state index is 12.1. The van der Waals surface area contributed by atoms with Crippen molar-refractivity contribution in [1.82, 2.24) is 0 Å². The molecule has 0 saturated carbocycles. The van der Waals surface area contributed by atoms with Crippen LogP contribution in [0.1, 0.15) is 134 Å². The van der Waals surface area contributed by atoms with Gasteiger partial charge < -0.3 is 0 Å². The first-order chi connectivity index (χ1) is 14.7. The van der Waals surface area contributed by atoms with Gasteiger partial charge in [-0.05, 0) is 29.4 Å². The fourth-order valence-corrected chi connectivity index (χ4v) is 6.05. The van der Waals surface area contributed by atoms with Gasteiger partial charge in [0.1, 0.15) is 5.25 Å². The highest BCUT2D eigenvalue weighted by molar-refractivity contribution is 7.86. The van der Waals surface area contributed by atoms with E-state index in [1.165, 1.54) is 83.5 Å². The van der Waals surface area contributed by atoms with Crippen molar-refractivity contribution < 1.29 is 13.0 Å². The molecule has 1 aromatic rings. The van der Waals surface area contributed by atoms with Crippen molar-refractivity contribution >= 4 is 10.1 Å². The van der Waals surface area contributed by atoms with Crippen LogP contribution < -0.4 is 0 Å². The summed E-state index contributed by atoms with van der Waals surface area (Å²) in [5.41, 5.74) is 1.25.